The summed E-state index contributed by atoms with van der Waals surface area (Å²) in [5, 5.41) is 19.6. The second kappa shape index (κ2) is 6.84. The standard InChI is InChI=1S/C15H21ClO4/c1-8(2)5-10-7-12(16)11(6-9(3)4)13(17)14(10)20-15(18)19/h7-9,17H,5-6H2,1-4H3,(H,18,19). The third-order valence-electron chi connectivity index (χ3n) is 2.81. The van der Waals surface area contributed by atoms with Crippen LogP contribution in [0.15, 0.2) is 6.07 Å². The summed E-state index contributed by atoms with van der Waals surface area (Å²) in [7, 11) is 0. The number of phenolic OH excluding ortho intramolecular Hbond substituents is 1. The van der Waals surface area contributed by atoms with Crippen molar-refractivity contribution in [3.05, 3.63) is 22.2 Å². The van der Waals surface area contributed by atoms with E-state index in [0.29, 0.717) is 29.0 Å². The van der Waals surface area contributed by atoms with Crippen LogP contribution in [0.5, 0.6) is 11.5 Å². The number of hydrogen-bond acceptors (Lipinski definition) is 3. The molecule has 0 aliphatic rings. The first-order chi connectivity index (χ1) is 9.22. The van der Waals surface area contributed by atoms with Crippen LogP contribution in [0.25, 0.3) is 0 Å². The van der Waals surface area contributed by atoms with Crippen molar-refractivity contribution in [2.24, 2.45) is 11.8 Å². The maximum Gasteiger partial charge on any atom is 0.511 e. The molecule has 0 unspecified atom stereocenters. The van der Waals surface area contributed by atoms with Gasteiger partial charge in [-0.05, 0) is 30.7 Å². The number of benzene rings is 1. The van der Waals surface area contributed by atoms with Gasteiger partial charge in [0.05, 0.1) is 0 Å². The second-order valence-corrected chi connectivity index (χ2v) is 6.14. The number of phenols is 1. The summed E-state index contributed by atoms with van der Waals surface area (Å²) in [5.74, 6) is 0.417. The lowest BCUT2D eigenvalue weighted by Crippen LogP contribution is -2.09. The Morgan fingerprint density at radius 3 is 2.25 bits per heavy atom. The molecule has 0 aliphatic heterocycles. The summed E-state index contributed by atoms with van der Waals surface area (Å²) < 4.78 is 4.76. The quantitative estimate of drug-likeness (QED) is 0.620. The highest BCUT2D eigenvalue weighted by Gasteiger charge is 2.21. The number of hydrogen-bond donors (Lipinski definition) is 2. The van der Waals surface area contributed by atoms with E-state index in [1.165, 1.54) is 0 Å². The normalized spacial score (nSPS) is 11.2. The summed E-state index contributed by atoms with van der Waals surface area (Å²) in [4.78, 5) is 10.8. The molecule has 0 saturated carbocycles. The Hall–Kier alpha value is -1.42. The molecule has 0 spiro atoms. The van der Waals surface area contributed by atoms with E-state index in [9.17, 15) is 9.90 Å². The first-order valence-corrected chi connectivity index (χ1v) is 7.04. The zero-order chi connectivity index (χ0) is 15.4. The molecule has 1 rings (SSSR count). The number of halogens is 1. The number of aromatic hydroxyl groups is 1. The highest BCUT2D eigenvalue weighted by molar-refractivity contribution is 6.31. The lowest BCUT2D eigenvalue weighted by Gasteiger charge is -2.17. The van der Waals surface area contributed by atoms with Crippen LogP contribution in [0.1, 0.15) is 38.8 Å². The highest BCUT2D eigenvalue weighted by Crippen LogP contribution is 2.40. The smallest absolute Gasteiger partial charge is 0.504 e. The average molecular weight is 301 g/mol. The Morgan fingerprint density at radius 2 is 1.80 bits per heavy atom. The van der Waals surface area contributed by atoms with Crippen LogP contribution in [0, 0.1) is 11.8 Å². The maximum absolute atomic E-state index is 10.8. The molecule has 5 heteroatoms. The van der Waals surface area contributed by atoms with Crippen LogP contribution in [0.3, 0.4) is 0 Å². The van der Waals surface area contributed by atoms with Crippen molar-refractivity contribution in [3.63, 3.8) is 0 Å². The van der Waals surface area contributed by atoms with E-state index in [1.807, 2.05) is 27.7 Å². The molecule has 0 atom stereocenters. The molecule has 0 heterocycles. The Kier molecular flexibility index (Phi) is 5.69. The molecule has 1 aromatic rings. The van der Waals surface area contributed by atoms with Crippen LogP contribution >= 0.6 is 11.6 Å². The van der Waals surface area contributed by atoms with Crippen molar-refractivity contribution in [3.8, 4) is 11.5 Å². The van der Waals surface area contributed by atoms with Gasteiger partial charge in [0, 0.05) is 16.1 Å². The van der Waals surface area contributed by atoms with Gasteiger partial charge >= 0.3 is 6.16 Å². The molecular weight excluding hydrogens is 280 g/mol. The summed E-state index contributed by atoms with van der Waals surface area (Å²) >= 11 is 6.21. The minimum atomic E-state index is -1.44. The zero-order valence-corrected chi connectivity index (χ0v) is 13.0. The van der Waals surface area contributed by atoms with Gasteiger partial charge in [0.15, 0.2) is 11.5 Å². The van der Waals surface area contributed by atoms with Gasteiger partial charge in [0.25, 0.3) is 0 Å². The predicted octanol–water partition coefficient (Wildman–Crippen LogP) is 4.50. The van der Waals surface area contributed by atoms with E-state index >= 15 is 0 Å². The number of carboxylic acid groups (broad SMARTS) is 1. The monoisotopic (exact) mass is 300 g/mol. The molecule has 2 N–H and O–H groups in total. The molecule has 0 aromatic heterocycles. The maximum atomic E-state index is 10.8. The largest absolute Gasteiger partial charge is 0.511 e. The van der Waals surface area contributed by atoms with Crippen molar-refractivity contribution in [2.75, 3.05) is 0 Å². The molecule has 1 aromatic carbocycles. The van der Waals surface area contributed by atoms with Gasteiger partial charge in [-0.25, -0.2) is 4.79 Å². The van der Waals surface area contributed by atoms with Gasteiger partial charge in [-0.1, -0.05) is 39.3 Å². The fraction of sp³-hybridized carbons (Fsp3) is 0.533. The summed E-state index contributed by atoms with van der Waals surface area (Å²) in [6.07, 6.45) is -0.302. The van der Waals surface area contributed by atoms with Gasteiger partial charge in [0.1, 0.15) is 0 Å². The summed E-state index contributed by atoms with van der Waals surface area (Å²) in [5.41, 5.74) is 1.14. The number of carbonyl (C=O) groups is 1. The minimum absolute atomic E-state index is 0.00579. The Labute approximate surface area is 124 Å². The molecule has 112 valence electrons. The van der Waals surface area contributed by atoms with E-state index < -0.39 is 6.16 Å². The first-order valence-electron chi connectivity index (χ1n) is 6.66. The molecule has 0 saturated heterocycles. The molecule has 0 fully saturated rings. The predicted molar refractivity (Wildman–Crippen MR) is 78.9 cm³/mol. The van der Waals surface area contributed by atoms with Gasteiger partial charge in [-0.2, -0.15) is 0 Å². The van der Waals surface area contributed by atoms with Crippen molar-refractivity contribution in [1.82, 2.24) is 0 Å². The van der Waals surface area contributed by atoms with Gasteiger partial charge in [0.2, 0.25) is 0 Å². The third-order valence-corrected chi connectivity index (χ3v) is 3.15. The SMILES string of the molecule is CC(C)Cc1cc(Cl)c(CC(C)C)c(O)c1OC(=O)O. The van der Waals surface area contributed by atoms with Gasteiger partial charge in [-0.15, -0.1) is 0 Å². The fourth-order valence-electron chi connectivity index (χ4n) is 2.10. The number of rotatable bonds is 5. The minimum Gasteiger partial charge on any atom is -0.504 e. The summed E-state index contributed by atoms with van der Waals surface area (Å²) in [6, 6.07) is 1.69. The van der Waals surface area contributed by atoms with Crippen molar-refractivity contribution in [1.29, 1.82) is 0 Å². The van der Waals surface area contributed by atoms with Crippen molar-refractivity contribution < 1.29 is 19.7 Å². The molecule has 20 heavy (non-hydrogen) atoms. The van der Waals surface area contributed by atoms with E-state index in [-0.39, 0.29) is 23.3 Å². The van der Waals surface area contributed by atoms with Crippen LogP contribution in [-0.2, 0) is 12.8 Å². The molecule has 0 radical (unpaired) electrons. The Bertz CT molecular complexity index is 495. The van der Waals surface area contributed by atoms with Crippen LogP contribution in [0.2, 0.25) is 5.02 Å². The van der Waals surface area contributed by atoms with Crippen molar-refractivity contribution in [2.45, 2.75) is 40.5 Å². The lowest BCUT2D eigenvalue weighted by molar-refractivity contribution is 0.142. The van der Waals surface area contributed by atoms with Gasteiger partial charge < -0.3 is 14.9 Å². The average Bonchev–Trinajstić information content (AvgIpc) is 2.28. The topological polar surface area (TPSA) is 66.8 Å². The van der Waals surface area contributed by atoms with E-state index in [4.69, 9.17) is 21.4 Å². The fourth-order valence-corrected chi connectivity index (χ4v) is 2.40. The second-order valence-electron chi connectivity index (χ2n) is 5.74. The third kappa shape index (κ3) is 4.30. The molecular formula is C15H21ClO4. The zero-order valence-electron chi connectivity index (χ0n) is 12.2. The lowest BCUT2D eigenvalue weighted by atomic mass is 9.96. The molecule has 0 aliphatic carbocycles. The van der Waals surface area contributed by atoms with E-state index in [2.05, 4.69) is 0 Å². The Morgan fingerprint density at radius 1 is 1.25 bits per heavy atom. The molecule has 4 nitrogen and oxygen atoms in total. The number of ether oxygens (including phenoxy) is 1. The Balaban J connectivity index is 3.35. The molecule has 0 amide bonds. The van der Waals surface area contributed by atoms with E-state index in [0.717, 1.165) is 0 Å². The highest BCUT2D eigenvalue weighted by atomic mass is 35.5. The van der Waals surface area contributed by atoms with Crippen molar-refractivity contribution >= 4 is 17.8 Å². The van der Waals surface area contributed by atoms with Gasteiger partial charge in [-0.3, -0.25) is 0 Å². The first kappa shape index (κ1) is 16.6. The summed E-state index contributed by atoms with van der Waals surface area (Å²) in [6.45, 7) is 7.99. The van der Waals surface area contributed by atoms with Crippen LogP contribution < -0.4 is 4.74 Å². The van der Waals surface area contributed by atoms with Crippen LogP contribution in [-0.4, -0.2) is 16.4 Å². The van der Waals surface area contributed by atoms with Crippen LogP contribution in [0.4, 0.5) is 4.79 Å². The van der Waals surface area contributed by atoms with E-state index in [1.54, 1.807) is 6.07 Å². The molecule has 0 bridgehead atoms.